The Balaban J connectivity index is 1.49. The lowest BCUT2D eigenvalue weighted by molar-refractivity contribution is -0.123. The normalized spacial score (nSPS) is 20.4. The zero-order valence-electron chi connectivity index (χ0n) is 14.6. The van der Waals surface area contributed by atoms with Gasteiger partial charge in [0.1, 0.15) is 6.54 Å². The molecule has 2 aliphatic rings. The Labute approximate surface area is 180 Å². The van der Waals surface area contributed by atoms with Crippen molar-refractivity contribution >= 4 is 63.9 Å². The lowest BCUT2D eigenvalue weighted by Gasteiger charge is -2.20. The quantitative estimate of drug-likeness (QED) is 0.717. The summed E-state index contributed by atoms with van der Waals surface area (Å²) < 4.78 is 0. The number of imide groups is 1. The van der Waals surface area contributed by atoms with Crippen molar-refractivity contribution in [1.29, 1.82) is 0 Å². The first-order chi connectivity index (χ1) is 13.8. The molecule has 2 aromatic rings. The van der Waals surface area contributed by atoms with E-state index in [1.165, 1.54) is 11.1 Å². The number of nitrogens with zero attached hydrogens (tertiary/aromatic N) is 4. The molecule has 2 heterocycles. The van der Waals surface area contributed by atoms with Gasteiger partial charge in [-0.15, -0.1) is 0 Å². The van der Waals surface area contributed by atoms with Crippen LogP contribution in [0.25, 0.3) is 0 Å². The number of hydrogen-bond donors (Lipinski definition) is 1. The number of benzene rings is 2. The van der Waals surface area contributed by atoms with E-state index in [4.69, 9.17) is 34.8 Å². The van der Waals surface area contributed by atoms with Gasteiger partial charge in [-0.1, -0.05) is 40.0 Å². The van der Waals surface area contributed by atoms with Crippen LogP contribution in [0.15, 0.2) is 52.8 Å². The van der Waals surface area contributed by atoms with Gasteiger partial charge in [0.2, 0.25) is 5.91 Å². The fraction of sp³-hybridized carbons (Fsp3) is 0.167. The average molecular weight is 453 g/mol. The monoisotopic (exact) mass is 451 g/mol. The predicted octanol–water partition coefficient (Wildman–Crippen LogP) is 3.58. The second-order valence-electron chi connectivity index (χ2n) is 6.35. The Morgan fingerprint density at radius 2 is 1.69 bits per heavy atom. The SMILES string of the molecule is O=C(CN1N=NC2C(=O)N(c3ccc(Cl)cc3)C(=O)C21)Nc1ccc(Cl)cc1Cl. The molecular formula is C18H12Cl3N5O3. The number of anilines is 2. The highest BCUT2D eigenvalue weighted by molar-refractivity contribution is 6.36. The molecule has 1 fully saturated rings. The first-order valence-corrected chi connectivity index (χ1v) is 9.54. The van der Waals surface area contributed by atoms with E-state index in [-0.39, 0.29) is 11.6 Å². The molecule has 11 heteroatoms. The minimum absolute atomic E-state index is 0.271. The van der Waals surface area contributed by atoms with Crippen LogP contribution in [0, 0.1) is 0 Å². The summed E-state index contributed by atoms with van der Waals surface area (Å²) in [4.78, 5) is 38.9. The third kappa shape index (κ3) is 3.66. The molecule has 8 nitrogen and oxygen atoms in total. The van der Waals surface area contributed by atoms with E-state index in [1.807, 2.05) is 0 Å². The van der Waals surface area contributed by atoms with Crippen LogP contribution >= 0.6 is 34.8 Å². The van der Waals surface area contributed by atoms with Crippen molar-refractivity contribution in [3.63, 3.8) is 0 Å². The van der Waals surface area contributed by atoms with Crippen molar-refractivity contribution in [2.24, 2.45) is 10.3 Å². The Kier molecular flexibility index (Phi) is 5.16. The number of nitrogens with one attached hydrogen (secondary N) is 1. The van der Waals surface area contributed by atoms with Gasteiger partial charge in [-0.3, -0.25) is 19.4 Å². The standard InChI is InChI=1S/C18H12Cl3N5O3/c19-9-1-4-11(5-2-9)26-17(28)15-16(18(26)29)25(24-23-15)8-14(27)22-13-6-3-10(20)7-12(13)21/h1-7,15-16H,8H2,(H,22,27). The zero-order chi connectivity index (χ0) is 20.7. The summed E-state index contributed by atoms with van der Waals surface area (Å²) >= 11 is 17.8. The Morgan fingerprint density at radius 1 is 1.00 bits per heavy atom. The zero-order valence-corrected chi connectivity index (χ0v) is 16.8. The third-order valence-electron chi connectivity index (χ3n) is 4.45. The van der Waals surface area contributed by atoms with Crippen LogP contribution in [0.2, 0.25) is 15.1 Å². The molecule has 2 atom stereocenters. The summed E-state index contributed by atoms with van der Waals surface area (Å²) in [5.74, 6) is -1.49. The number of amides is 3. The molecule has 1 N–H and O–H groups in total. The van der Waals surface area contributed by atoms with E-state index in [9.17, 15) is 14.4 Å². The maximum atomic E-state index is 12.9. The molecule has 148 valence electrons. The van der Waals surface area contributed by atoms with Crippen molar-refractivity contribution in [2.75, 3.05) is 16.8 Å². The van der Waals surface area contributed by atoms with E-state index < -0.39 is 29.8 Å². The highest BCUT2D eigenvalue weighted by Crippen LogP contribution is 2.32. The van der Waals surface area contributed by atoms with Crippen LogP contribution < -0.4 is 10.2 Å². The van der Waals surface area contributed by atoms with Crippen LogP contribution in [0.1, 0.15) is 0 Å². The Bertz CT molecular complexity index is 1040. The molecule has 3 amide bonds. The van der Waals surface area contributed by atoms with Gasteiger partial charge in [0.15, 0.2) is 12.1 Å². The van der Waals surface area contributed by atoms with Crippen molar-refractivity contribution < 1.29 is 14.4 Å². The Hall–Kier alpha value is -2.68. The minimum Gasteiger partial charge on any atom is -0.323 e. The largest absolute Gasteiger partial charge is 0.323 e. The van der Waals surface area contributed by atoms with Gasteiger partial charge in [-0.05, 0) is 42.5 Å². The summed E-state index contributed by atoms with van der Waals surface area (Å²) in [6, 6.07) is 8.94. The molecule has 0 saturated carbocycles. The van der Waals surface area contributed by atoms with Crippen molar-refractivity contribution in [1.82, 2.24) is 5.01 Å². The molecule has 0 bridgehead atoms. The lowest BCUT2D eigenvalue weighted by Crippen LogP contribution is -2.43. The summed E-state index contributed by atoms with van der Waals surface area (Å²) in [5.41, 5.74) is 0.747. The van der Waals surface area contributed by atoms with E-state index in [0.29, 0.717) is 21.4 Å². The fourth-order valence-electron chi connectivity index (χ4n) is 3.13. The summed E-state index contributed by atoms with van der Waals surface area (Å²) in [6.07, 6.45) is 0. The number of rotatable bonds is 4. The second kappa shape index (κ2) is 7.62. The van der Waals surface area contributed by atoms with Gasteiger partial charge < -0.3 is 5.32 Å². The van der Waals surface area contributed by atoms with Gasteiger partial charge in [0.05, 0.1) is 16.4 Å². The number of halogens is 3. The van der Waals surface area contributed by atoms with Gasteiger partial charge >= 0.3 is 0 Å². The smallest absolute Gasteiger partial charge is 0.263 e. The molecule has 1 saturated heterocycles. The average Bonchev–Trinajstić information content (AvgIpc) is 3.19. The number of carbonyl (C=O) groups is 3. The fourth-order valence-corrected chi connectivity index (χ4v) is 3.71. The lowest BCUT2D eigenvalue weighted by atomic mass is 10.1. The van der Waals surface area contributed by atoms with E-state index in [1.54, 1.807) is 36.4 Å². The molecule has 29 heavy (non-hydrogen) atoms. The molecule has 0 spiro atoms. The summed E-state index contributed by atoms with van der Waals surface area (Å²) in [6.45, 7) is -0.281. The van der Waals surface area contributed by atoms with Crippen LogP contribution in [0.5, 0.6) is 0 Å². The van der Waals surface area contributed by atoms with Crippen molar-refractivity contribution in [2.45, 2.75) is 12.1 Å². The number of hydrogen-bond acceptors (Lipinski definition) is 6. The molecule has 4 rings (SSSR count). The number of fused-ring (bicyclic) bond motifs is 1. The third-order valence-corrected chi connectivity index (χ3v) is 5.25. The second-order valence-corrected chi connectivity index (χ2v) is 7.63. The van der Waals surface area contributed by atoms with Gasteiger partial charge in [-0.2, -0.15) is 5.11 Å². The first-order valence-electron chi connectivity index (χ1n) is 8.41. The van der Waals surface area contributed by atoms with Crippen LogP contribution in [0.4, 0.5) is 11.4 Å². The summed E-state index contributed by atoms with van der Waals surface area (Å²) in [5, 5.41) is 12.7. The van der Waals surface area contributed by atoms with Crippen molar-refractivity contribution in [3.05, 3.63) is 57.5 Å². The van der Waals surface area contributed by atoms with Crippen LogP contribution in [-0.2, 0) is 14.4 Å². The van der Waals surface area contributed by atoms with Crippen LogP contribution in [0.3, 0.4) is 0 Å². The molecule has 0 aromatic heterocycles. The Morgan fingerprint density at radius 3 is 2.38 bits per heavy atom. The van der Waals surface area contributed by atoms with E-state index in [2.05, 4.69) is 15.7 Å². The number of carbonyl (C=O) groups excluding carboxylic acids is 3. The van der Waals surface area contributed by atoms with Crippen molar-refractivity contribution in [3.8, 4) is 0 Å². The minimum atomic E-state index is -0.995. The predicted molar refractivity (Wildman–Crippen MR) is 108 cm³/mol. The first kappa shape index (κ1) is 19.6. The molecule has 0 radical (unpaired) electrons. The molecular weight excluding hydrogens is 441 g/mol. The van der Waals surface area contributed by atoms with E-state index >= 15 is 0 Å². The molecule has 2 aliphatic heterocycles. The molecule has 2 unspecified atom stereocenters. The van der Waals surface area contributed by atoms with Gasteiger partial charge in [0, 0.05) is 10.0 Å². The molecule has 0 aliphatic carbocycles. The maximum Gasteiger partial charge on any atom is 0.263 e. The van der Waals surface area contributed by atoms with Gasteiger partial charge in [-0.25, -0.2) is 4.90 Å². The van der Waals surface area contributed by atoms with E-state index in [0.717, 1.165) is 4.90 Å². The van der Waals surface area contributed by atoms with Gasteiger partial charge in [0.25, 0.3) is 11.8 Å². The highest BCUT2D eigenvalue weighted by Gasteiger charge is 2.55. The highest BCUT2D eigenvalue weighted by atomic mass is 35.5. The van der Waals surface area contributed by atoms with Crippen LogP contribution in [-0.4, -0.2) is 41.4 Å². The maximum absolute atomic E-state index is 12.9. The topological polar surface area (TPSA) is 94.4 Å². The molecule has 2 aromatic carbocycles. The summed E-state index contributed by atoms with van der Waals surface area (Å²) in [7, 11) is 0.